The Bertz CT molecular complexity index is 647. The summed E-state index contributed by atoms with van der Waals surface area (Å²) in [7, 11) is 0. The van der Waals surface area contributed by atoms with Crippen LogP contribution in [0, 0.1) is 0 Å². The Kier molecular flexibility index (Phi) is 2.16. The largest absolute Gasteiger partial charge is 0.0838 e. The van der Waals surface area contributed by atoms with Crippen molar-refractivity contribution in [2.75, 3.05) is 0 Å². The highest BCUT2D eigenvalue weighted by Gasteiger charge is 2.20. The molecule has 0 heteroatoms. The van der Waals surface area contributed by atoms with Crippen LogP contribution in [0.15, 0.2) is 48.6 Å². The monoisotopic (exact) mass is 232 g/mol. The predicted molar refractivity (Wildman–Crippen MR) is 75.8 cm³/mol. The smallest absolute Gasteiger partial charge is 0.00915 e. The first-order chi connectivity index (χ1) is 8.93. The van der Waals surface area contributed by atoms with Crippen LogP contribution in [0.5, 0.6) is 0 Å². The second kappa shape index (κ2) is 3.84. The number of allylic oxidation sites excluding steroid dienone is 2. The molecule has 4 rings (SSSR count). The van der Waals surface area contributed by atoms with E-state index in [1.54, 1.807) is 11.1 Å². The van der Waals surface area contributed by atoms with Crippen molar-refractivity contribution in [1.82, 2.24) is 0 Å². The molecule has 0 unspecified atom stereocenters. The summed E-state index contributed by atoms with van der Waals surface area (Å²) in [6.45, 7) is 0. The first kappa shape index (κ1) is 10.1. The zero-order valence-electron chi connectivity index (χ0n) is 10.4. The molecule has 0 amide bonds. The van der Waals surface area contributed by atoms with Gasteiger partial charge in [-0.25, -0.2) is 0 Å². The van der Waals surface area contributed by atoms with Crippen LogP contribution in [-0.2, 0) is 25.7 Å². The third-order valence-corrected chi connectivity index (χ3v) is 4.31. The number of aryl methyl sites for hydroxylation is 1. The van der Waals surface area contributed by atoms with Crippen LogP contribution in [-0.4, -0.2) is 0 Å². The number of rotatable bonds is 0. The zero-order valence-corrected chi connectivity index (χ0v) is 10.4. The van der Waals surface area contributed by atoms with Gasteiger partial charge < -0.3 is 0 Å². The van der Waals surface area contributed by atoms with E-state index < -0.39 is 0 Å². The van der Waals surface area contributed by atoms with Crippen molar-refractivity contribution < 1.29 is 0 Å². The van der Waals surface area contributed by atoms with Crippen molar-refractivity contribution in [2.24, 2.45) is 0 Å². The Morgan fingerprint density at radius 3 is 2.50 bits per heavy atom. The molecule has 2 aromatic rings. The lowest BCUT2D eigenvalue weighted by Crippen LogP contribution is -2.10. The molecule has 18 heavy (non-hydrogen) atoms. The number of hydrogen-bond acceptors (Lipinski definition) is 0. The van der Waals surface area contributed by atoms with Gasteiger partial charge in [0.2, 0.25) is 0 Å². The molecule has 0 atom stereocenters. The summed E-state index contributed by atoms with van der Waals surface area (Å²) in [5.74, 6) is 0. The highest BCUT2D eigenvalue weighted by Crippen LogP contribution is 2.37. The fourth-order valence-corrected chi connectivity index (χ4v) is 3.40. The molecule has 0 saturated carbocycles. The van der Waals surface area contributed by atoms with E-state index >= 15 is 0 Å². The molecule has 0 aromatic heterocycles. The molecule has 0 heterocycles. The van der Waals surface area contributed by atoms with Crippen molar-refractivity contribution >= 4 is 0 Å². The molecule has 0 nitrogen and oxygen atoms in total. The third kappa shape index (κ3) is 1.38. The van der Waals surface area contributed by atoms with Crippen LogP contribution in [0.2, 0.25) is 0 Å². The van der Waals surface area contributed by atoms with Crippen LogP contribution >= 0.6 is 0 Å². The number of benzene rings is 2. The quantitative estimate of drug-likeness (QED) is 0.600. The lowest BCUT2D eigenvalue weighted by atomic mass is 9.79. The molecule has 2 aliphatic carbocycles. The van der Waals surface area contributed by atoms with Crippen molar-refractivity contribution in [2.45, 2.75) is 25.7 Å². The first-order valence-electron chi connectivity index (χ1n) is 6.80. The van der Waals surface area contributed by atoms with Gasteiger partial charge >= 0.3 is 0 Å². The van der Waals surface area contributed by atoms with E-state index in [1.807, 2.05) is 0 Å². The van der Waals surface area contributed by atoms with E-state index in [9.17, 15) is 0 Å². The fourth-order valence-electron chi connectivity index (χ4n) is 3.40. The molecule has 0 fully saturated rings. The van der Waals surface area contributed by atoms with Crippen molar-refractivity contribution in [3.63, 3.8) is 0 Å². The van der Waals surface area contributed by atoms with E-state index in [0.717, 1.165) is 12.8 Å². The van der Waals surface area contributed by atoms with Gasteiger partial charge in [-0.3, -0.25) is 0 Å². The van der Waals surface area contributed by atoms with Crippen molar-refractivity contribution in [3.05, 3.63) is 70.8 Å². The SMILES string of the molecule is C1=CCc2c(ccc3c2CCc2ccccc2-3)C1. The van der Waals surface area contributed by atoms with E-state index in [4.69, 9.17) is 0 Å². The van der Waals surface area contributed by atoms with Gasteiger partial charge in [-0.15, -0.1) is 0 Å². The minimum atomic E-state index is 1.12. The Morgan fingerprint density at radius 2 is 1.50 bits per heavy atom. The highest BCUT2D eigenvalue weighted by atomic mass is 14.2. The van der Waals surface area contributed by atoms with Gasteiger partial charge in [0.05, 0.1) is 0 Å². The van der Waals surface area contributed by atoms with Gasteiger partial charge in [0.25, 0.3) is 0 Å². The van der Waals surface area contributed by atoms with Crippen LogP contribution in [0.1, 0.15) is 22.3 Å². The van der Waals surface area contributed by atoms with Gasteiger partial charge in [-0.2, -0.15) is 0 Å². The van der Waals surface area contributed by atoms with Crippen molar-refractivity contribution in [3.8, 4) is 11.1 Å². The molecule has 0 saturated heterocycles. The molecular formula is C18H16. The van der Waals surface area contributed by atoms with Gasteiger partial charge in [-0.05, 0) is 59.1 Å². The minimum absolute atomic E-state index is 1.12. The summed E-state index contributed by atoms with van der Waals surface area (Å²) in [5, 5.41) is 0. The maximum atomic E-state index is 2.34. The van der Waals surface area contributed by atoms with Crippen LogP contribution < -0.4 is 0 Å². The summed E-state index contributed by atoms with van der Waals surface area (Å²) < 4.78 is 0. The number of hydrogen-bond donors (Lipinski definition) is 0. The third-order valence-electron chi connectivity index (χ3n) is 4.31. The average molecular weight is 232 g/mol. The van der Waals surface area contributed by atoms with Gasteiger partial charge in [0, 0.05) is 0 Å². The van der Waals surface area contributed by atoms with Crippen molar-refractivity contribution in [1.29, 1.82) is 0 Å². The van der Waals surface area contributed by atoms with Crippen LogP contribution in [0.4, 0.5) is 0 Å². The average Bonchev–Trinajstić information content (AvgIpc) is 2.46. The molecule has 0 aliphatic heterocycles. The predicted octanol–water partition coefficient (Wildman–Crippen LogP) is 4.11. The normalized spacial score (nSPS) is 15.8. The fraction of sp³-hybridized carbons (Fsp3) is 0.222. The second-order valence-electron chi connectivity index (χ2n) is 5.27. The standard InChI is InChI=1S/C18H16/c1-3-7-15-13(5-1)9-11-18-16-8-4-2-6-14(16)10-12-17(15)18/h1-5,7,10,12H,6,8-9,11H2. The Hall–Kier alpha value is -1.82. The minimum Gasteiger partial charge on any atom is -0.0838 e. The Balaban J connectivity index is 1.97. The van der Waals surface area contributed by atoms with E-state index in [2.05, 4.69) is 48.6 Å². The topological polar surface area (TPSA) is 0 Å². The maximum absolute atomic E-state index is 2.34. The van der Waals surface area contributed by atoms with E-state index in [0.29, 0.717) is 0 Å². The van der Waals surface area contributed by atoms with Crippen LogP contribution in [0.3, 0.4) is 0 Å². The van der Waals surface area contributed by atoms with Gasteiger partial charge in [-0.1, -0.05) is 48.6 Å². The first-order valence-corrected chi connectivity index (χ1v) is 6.80. The summed E-state index contributed by atoms with van der Waals surface area (Å²) in [6.07, 6.45) is 9.27. The Morgan fingerprint density at radius 1 is 0.611 bits per heavy atom. The number of fused-ring (bicyclic) bond motifs is 5. The molecule has 2 aromatic carbocycles. The lowest BCUT2D eigenvalue weighted by molar-refractivity contribution is 0.908. The summed E-state index contributed by atoms with van der Waals surface area (Å²) in [4.78, 5) is 0. The molecule has 0 radical (unpaired) electrons. The summed E-state index contributed by atoms with van der Waals surface area (Å²) >= 11 is 0. The molecule has 0 bridgehead atoms. The van der Waals surface area contributed by atoms with Gasteiger partial charge in [0.1, 0.15) is 0 Å². The molecular weight excluding hydrogens is 216 g/mol. The molecule has 88 valence electrons. The summed E-state index contributed by atoms with van der Waals surface area (Å²) in [6, 6.07) is 13.5. The lowest BCUT2D eigenvalue weighted by Gasteiger charge is -2.25. The second-order valence-corrected chi connectivity index (χ2v) is 5.27. The zero-order chi connectivity index (χ0) is 11.9. The molecule has 2 aliphatic rings. The van der Waals surface area contributed by atoms with Crippen LogP contribution in [0.25, 0.3) is 11.1 Å². The summed E-state index contributed by atoms with van der Waals surface area (Å²) in [5.41, 5.74) is 9.19. The van der Waals surface area contributed by atoms with E-state index in [1.165, 1.54) is 35.1 Å². The highest BCUT2D eigenvalue weighted by molar-refractivity contribution is 5.75. The van der Waals surface area contributed by atoms with Gasteiger partial charge in [0.15, 0.2) is 0 Å². The van der Waals surface area contributed by atoms with E-state index in [-0.39, 0.29) is 0 Å². The molecule has 0 N–H and O–H groups in total. The maximum Gasteiger partial charge on any atom is -0.00915 e. The Labute approximate surface area is 108 Å². The molecule has 0 spiro atoms.